The van der Waals surface area contributed by atoms with Crippen molar-refractivity contribution in [3.8, 4) is 0 Å². The Hall–Kier alpha value is -3.84. The fourth-order valence-electron chi connectivity index (χ4n) is 3.56. The number of rotatable bonds is 4. The summed E-state index contributed by atoms with van der Waals surface area (Å²) in [6, 6.07) is 22.6. The Labute approximate surface area is 181 Å². The highest BCUT2D eigenvalue weighted by Crippen LogP contribution is 2.28. The second kappa shape index (κ2) is 7.77. The van der Waals surface area contributed by atoms with Crippen molar-refractivity contribution in [3.05, 3.63) is 100.0 Å². The number of carbonyl (C=O) groups excluding carboxylic acids is 1. The molecule has 1 amide bonds. The first kappa shape index (κ1) is 19.1. The highest BCUT2D eigenvalue weighted by molar-refractivity contribution is 7.22. The Kier molecular flexibility index (Phi) is 4.80. The van der Waals surface area contributed by atoms with Gasteiger partial charge in [0, 0.05) is 5.39 Å². The van der Waals surface area contributed by atoms with Gasteiger partial charge in [-0.25, -0.2) is 9.67 Å². The van der Waals surface area contributed by atoms with E-state index < -0.39 is 5.91 Å². The molecule has 152 valence electrons. The fourth-order valence-corrected chi connectivity index (χ4v) is 4.50. The van der Waals surface area contributed by atoms with Crippen molar-refractivity contribution >= 4 is 43.4 Å². The minimum absolute atomic E-state index is 0.196. The van der Waals surface area contributed by atoms with Crippen LogP contribution < -0.4 is 10.9 Å². The van der Waals surface area contributed by atoms with Gasteiger partial charge in [0.05, 0.1) is 22.1 Å². The first-order valence-electron chi connectivity index (χ1n) is 9.81. The number of nitrogens with zero attached hydrogens (tertiary/aromatic N) is 3. The normalized spacial score (nSPS) is 11.1. The van der Waals surface area contributed by atoms with E-state index in [9.17, 15) is 9.59 Å². The predicted octanol–water partition coefficient (Wildman–Crippen LogP) is 4.62. The van der Waals surface area contributed by atoms with Crippen molar-refractivity contribution < 1.29 is 4.79 Å². The number of aryl methyl sites for hydroxylation is 1. The SMILES string of the molecule is Cc1cccc2sc(NC(=O)c3nn(Cc4ccccc4)c(=O)c4ccccc34)nc12. The van der Waals surface area contributed by atoms with Gasteiger partial charge in [-0.05, 0) is 30.2 Å². The molecular formula is C24H18N4O2S. The third kappa shape index (κ3) is 3.60. The second-order valence-electron chi connectivity index (χ2n) is 7.24. The lowest BCUT2D eigenvalue weighted by molar-refractivity contribution is 0.102. The van der Waals surface area contributed by atoms with Crippen molar-refractivity contribution in [3.63, 3.8) is 0 Å². The number of amides is 1. The number of aromatic nitrogens is 3. The molecule has 0 saturated heterocycles. The molecule has 0 saturated carbocycles. The number of nitrogens with one attached hydrogen (secondary N) is 1. The van der Waals surface area contributed by atoms with Crippen LogP contribution in [0.2, 0.25) is 0 Å². The molecule has 6 nitrogen and oxygen atoms in total. The minimum Gasteiger partial charge on any atom is -0.296 e. The zero-order valence-corrected chi connectivity index (χ0v) is 17.5. The van der Waals surface area contributed by atoms with Crippen LogP contribution >= 0.6 is 11.3 Å². The molecular weight excluding hydrogens is 408 g/mol. The van der Waals surface area contributed by atoms with Crippen LogP contribution in [0.5, 0.6) is 0 Å². The molecule has 2 heterocycles. The molecule has 0 radical (unpaired) electrons. The lowest BCUT2D eigenvalue weighted by Crippen LogP contribution is -2.28. The van der Waals surface area contributed by atoms with E-state index >= 15 is 0 Å². The van der Waals surface area contributed by atoms with Gasteiger partial charge in [-0.3, -0.25) is 14.9 Å². The van der Waals surface area contributed by atoms with Crippen molar-refractivity contribution in [1.82, 2.24) is 14.8 Å². The molecule has 0 fully saturated rings. The Morgan fingerprint density at radius 1 is 0.968 bits per heavy atom. The summed E-state index contributed by atoms with van der Waals surface area (Å²) in [6.07, 6.45) is 0. The molecule has 0 atom stereocenters. The largest absolute Gasteiger partial charge is 0.296 e. The van der Waals surface area contributed by atoms with Crippen LogP contribution in [-0.4, -0.2) is 20.7 Å². The molecule has 0 bridgehead atoms. The first-order chi connectivity index (χ1) is 15.1. The van der Waals surface area contributed by atoms with Gasteiger partial charge < -0.3 is 0 Å². The number of hydrogen-bond acceptors (Lipinski definition) is 5. The molecule has 7 heteroatoms. The lowest BCUT2D eigenvalue weighted by Gasteiger charge is -2.10. The first-order valence-corrected chi connectivity index (χ1v) is 10.6. The average molecular weight is 427 g/mol. The van der Waals surface area contributed by atoms with Crippen molar-refractivity contribution in [1.29, 1.82) is 0 Å². The Morgan fingerprint density at radius 2 is 1.71 bits per heavy atom. The molecule has 31 heavy (non-hydrogen) atoms. The average Bonchev–Trinajstić information content (AvgIpc) is 3.20. The molecule has 2 aromatic heterocycles. The standard InChI is InChI=1S/C24H18N4O2S/c1-15-8-7-13-19-20(15)25-24(31-19)26-22(29)21-17-11-5-6-12-18(17)23(30)28(27-21)14-16-9-3-2-4-10-16/h2-13H,14H2,1H3,(H,25,26,29). The van der Waals surface area contributed by atoms with E-state index in [1.54, 1.807) is 24.3 Å². The number of anilines is 1. The summed E-state index contributed by atoms with van der Waals surface area (Å²) in [4.78, 5) is 30.7. The summed E-state index contributed by atoms with van der Waals surface area (Å²) in [6.45, 7) is 2.27. The molecule has 0 spiro atoms. The van der Waals surface area contributed by atoms with Crippen LogP contribution in [-0.2, 0) is 6.54 Å². The van der Waals surface area contributed by atoms with E-state index in [0.717, 1.165) is 21.3 Å². The molecule has 3 aromatic carbocycles. The molecule has 0 aliphatic rings. The summed E-state index contributed by atoms with van der Waals surface area (Å²) >= 11 is 1.41. The third-order valence-corrected chi connectivity index (χ3v) is 6.04. The number of carbonyl (C=O) groups is 1. The van der Waals surface area contributed by atoms with E-state index in [-0.39, 0.29) is 17.8 Å². The molecule has 0 aliphatic carbocycles. The van der Waals surface area contributed by atoms with Crippen molar-refractivity contribution in [2.75, 3.05) is 5.32 Å². The molecule has 5 aromatic rings. The summed E-state index contributed by atoms with van der Waals surface area (Å²) < 4.78 is 2.34. The second-order valence-corrected chi connectivity index (χ2v) is 8.27. The smallest absolute Gasteiger partial charge is 0.278 e. The van der Waals surface area contributed by atoms with Crippen molar-refractivity contribution in [2.24, 2.45) is 0 Å². The molecule has 0 aliphatic heterocycles. The Bertz CT molecular complexity index is 1490. The third-order valence-electron chi connectivity index (χ3n) is 5.10. The van der Waals surface area contributed by atoms with Crippen LogP contribution in [0, 0.1) is 6.92 Å². The van der Waals surface area contributed by atoms with Gasteiger partial charge in [0.1, 0.15) is 0 Å². The van der Waals surface area contributed by atoms with Gasteiger partial charge >= 0.3 is 0 Å². The van der Waals surface area contributed by atoms with Crippen LogP contribution in [0.1, 0.15) is 21.6 Å². The maximum Gasteiger partial charge on any atom is 0.278 e. The van der Waals surface area contributed by atoms with Gasteiger partial charge in [0.2, 0.25) is 0 Å². The number of para-hydroxylation sites is 1. The number of benzene rings is 3. The van der Waals surface area contributed by atoms with Gasteiger partial charge in [-0.15, -0.1) is 0 Å². The van der Waals surface area contributed by atoms with Crippen LogP contribution in [0.3, 0.4) is 0 Å². The molecule has 1 N–H and O–H groups in total. The number of hydrogen-bond donors (Lipinski definition) is 1. The Morgan fingerprint density at radius 3 is 2.48 bits per heavy atom. The molecule has 5 rings (SSSR count). The van der Waals surface area contributed by atoms with E-state index in [1.807, 2.05) is 55.5 Å². The highest BCUT2D eigenvalue weighted by atomic mass is 32.1. The van der Waals surface area contributed by atoms with E-state index in [0.29, 0.717) is 15.9 Å². The van der Waals surface area contributed by atoms with Gasteiger partial charge in [-0.2, -0.15) is 5.10 Å². The van der Waals surface area contributed by atoms with Gasteiger partial charge in [0.15, 0.2) is 10.8 Å². The molecule has 0 unspecified atom stereocenters. The Balaban J connectivity index is 1.57. The monoisotopic (exact) mass is 426 g/mol. The van der Waals surface area contributed by atoms with Gasteiger partial charge in [0.25, 0.3) is 11.5 Å². The van der Waals surface area contributed by atoms with E-state index in [1.165, 1.54) is 16.0 Å². The number of fused-ring (bicyclic) bond motifs is 2. The van der Waals surface area contributed by atoms with Crippen LogP contribution in [0.4, 0.5) is 5.13 Å². The summed E-state index contributed by atoms with van der Waals surface area (Å²) in [5.74, 6) is -0.394. The van der Waals surface area contributed by atoms with Gasteiger partial charge in [-0.1, -0.05) is 72.0 Å². The zero-order valence-electron chi connectivity index (χ0n) is 16.7. The number of thiazole rings is 1. The summed E-state index contributed by atoms with van der Waals surface area (Å²) in [7, 11) is 0. The minimum atomic E-state index is -0.394. The zero-order chi connectivity index (χ0) is 21.4. The highest BCUT2D eigenvalue weighted by Gasteiger charge is 2.18. The topological polar surface area (TPSA) is 76.9 Å². The van der Waals surface area contributed by atoms with E-state index in [4.69, 9.17) is 0 Å². The quantitative estimate of drug-likeness (QED) is 0.455. The predicted molar refractivity (Wildman–Crippen MR) is 124 cm³/mol. The maximum atomic E-state index is 13.2. The summed E-state index contributed by atoms with van der Waals surface area (Å²) in [5.41, 5.74) is 2.82. The van der Waals surface area contributed by atoms with Crippen LogP contribution in [0.25, 0.3) is 21.0 Å². The lowest BCUT2D eigenvalue weighted by atomic mass is 10.1. The van der Waals surface area contributed by atoms with Crippen LogP contribution in [0.15, 0.2) is 77.6 Å². The fraction of sp³-hybridized carbons (Fsp3) is 0.0833. The maximum absolute atomic E-state index is 13.2. The van der Waals surface area contributed by atoms with E-state index in [2.05, 4.69) is 15.4 Å². The summed E-state index contributed by atoms with van der Waals surface area (Å²) in [5, 5.41) is 8.78. The van der Waals surface area contributed by atoms with Crippen molar-refractivity contribution in [2.45, 2.75) is 13.5 Å².